The van der Waals surface area contributed by atoms with Crippen LogP contribution in [0.1, 0.15) is 22.6 Å². The Labute approximate surface area is 204 Å². The number of halogens is 1. The van der Waals surface area contributed by atoms with Crippen LogP contribution in [-0.4, -0.2) is 15.1 Å². The number of H-pyrrole nitrogens is 1. The van der Waals surface area contributed by atoms with Crippen LogP contribution in [0.3, 0.4) is 0 Å². The molecule has 0 spiro atoms. The zero-order valence-corrected chi connectivity index (χ0v) is 18.6. The molecule has 3 aromatic carbocycles. The number of aromatic amines is 1. The van der Waals surface area contributed by atoms with E-state index in [1.54, 1.807) is 12.1 Å². The predicted octanol–water partition coefficient (Wildman–Crippen LogP) is 4.92. The number of rotatable bonds is 6. The van der Waals surface area contributed by atoms with Gasteiger partial charge < -0.3 is 15.2 Å². The smallest absolute Gasteiger partial charge is 0.270 e. The number of nitrogens with one attached hydrogen (secondary N) is 1. The summed E-state index contributed by atoms with van der Waals surface area (Å²) in [6.07, 6.45) is 0. The molecule has 2 heterocycles. The molecule has 3 N–H and O–H groups in total. The fourth-order valence-corrected chi connectivity index (χ4v) is 4.18. The molecule has 0 saturated carbocycles. The molecule has 0 aliphatic carbocycles. The highest BCUT2D eigenvalue weighted by Crippen LogP contribution is 2.48. The lowest BCUT2D eigenvalue weighted by Gasteiger charge is -2.25. The van der Waals surface area contributed by atoms with E-state index >= 15 is 0 Å². The first-order chi connectivity index (χ1) is 17.5. The molecule has 10 heteroatoms. The molecule has 0 bridgehead atoms. The van der Waals surface area contributed by atoms with Gasteiger partial charge in [-0.15, -0.1) is 5.10 Å². The van der Waals surface area contributed by atoms with E-state index in [0.717, 1.165) is 5.56 Å². The zero-order chi connectivity index (χ0) is 25.2. The summed E-state index contributed by atoms with van der Waals surface area (Å²) in [5.41, 5.74) is 8.64. The maximum absolute atomic E-state index is 13.7. The lowest BCUT2D eigenvalue weighted by Crippen LogP contribution is -2.21. The average Bonchev–Trinajstić information content (AvgIpc) is 3.30. The summed E-state index contributed by atoms with van der Waals surface area (Å²) in [4.78, 5) is 11.1. The highest BCUT2D eigenvalue weighted by Gasteiger charge is 2.38. The maximum atomic E-state index is 13.7. The quantitative estimate of drug-likeness (QED) is 0.293. The number of hydrogen-bond donors (Lipinski definition) is 2. The fraction of sp³-hybridized carbons (Fsp3) is 0.0769. The number of benzene rings is 3. The van der Waals surface area contributed by atoms with Gasteiger partial charge >= 0.3 is 0 Å². The SMILES string of the molecule is N#CC1=C(N)Oc2n[nH]c(-c3ccccc3)c2C1c1cc([N+](=O)[O-])ccc1OCc1cccc(F)c1. The van der Waals surface area contributed by atoms with Gasteiger partial charge in [0.05, 0.1) is 22.1 Å². The Balaban J connectivity index is 1.68. The van der Waals surface area contributed by atoms with E-state index in [4.69, 9.17) is 15.2 Å². The first kappa shape index (κ1) is 22.6. The number of nitro benzene ring substituents is 1. The number of ether oxygens (including phenoxy) is 2. The van der Waals surface area contributed by atoms with Crippen molar-refractivity contribution in [2.75, 3.05) is 0 Å². The van der Waals surface area contributed by atoms with Gasteiger partial charge in [-0.1, -0.05) is 42.5 Å². The minimum Gasteiger partial charge on any atom is -0.489 e. The third-order valence-corrected chi connectivity index (χ3v) is 5.80. The number of hydrogen-bond acceptors (Lipinski definition) is 7. The van der Waals surface area contributed by atoms with Crippen LogP contribution in [0.25, 0.3) is 11.3 Å². The number of fused-ring (bicyclic) bond motifs is 1. The van der Waals surface area contributed by atoms with E-state index in [1.807, 2.05) is 30.3 Å². The number of nitrogens with zero attached hydrogens (tertiary/aromatic N) is 3. The average molecular weight is 483 g/mol. The molecule has 1 aromatic heterocycles. The molecule has 0 fully saturated rings. The molecule has 1 aliphatic rings. The van der Waals surface area contributed by atoms with E-state index < -0.39 is 16.7 Å². The standard InChI is InChI=1S/C26H18FN5O4/c27-17-8-4-5-15(11-17)14-35-21-10-9-18(32(33)34)12-19(21)22-20(13-28)25(29)36-26-23(22)24(30-31-26)16-6-2-1-3-7-16/h1-12,22H,14,29H2,(H,30,31). The van der Waals surface area contributed by atoms with Crippen LogP contribution < -0.4 is 15.2 Å². The number of nitriles is 1. The number of non-ortho nitro benzene ring substituents is 1. The molecule has 5 rings (SSSR count). The predicted molar refractivity (Wildman–Crippen MR) is 127 cm³/mol. The Morgan fingerprint density at radius 3 is 2.69 bits per heavy atom. The van der Waals surface area contributed by atoms with Crippen LogP contribution in [-0.2, 0) is 6.61 Å². The van der Waals surface area contributed by atoms with E-state index in [1.165, 1.54) is 30.3 Å². The summed E-state index contributed by atoms with van der Waals surface area (Å²) < 4.78 is 25.3. The summed E-state index contributed by atoms with van der Waals surface area (Å²) in [7, 11) is 0. The molecule has 0 amide bonds. The number of allylic oxidation sites excluding steroid dienone is 1. The Morgan fingerprint density at radius 2 is 1.97 bits per heavy atom. The van der Waals surface area contributed by atoms with Crippen LogP contribution in [0.4, 0.5) is 10.1 Å². The monoisotopic (exact) mass is 483 g/mol. The molecule has 4 aromatic rings. The highest BCUT2D eigenvalue weighted by molar-refractivity contribution is 5.72. The Kier molecular flexibility index (Phi) is 5.80. The van der Waals surface area contributed by atoms with Gasteiger partial charge in [0.2, 0.25) is 11.8 Å². The van der Waals surface area contributed by atoms with Gasteiger partial charge in [0.15, 0.2) is 0 Å². The van der Waals surface area contributed by atoms with Gasteiger partial charge in [-0.05, 0) is 29.3 Å². The lowest BCUT2D eigenvalue weighted by atomic mass is 9.82. The largest absolute Gasteiger partial charge is 0.489 e. The van der Waals surface area contributed by atoms with E-state index in [-0.39, 0.29) is 35.4 Å². The van der Waals surface area contributed by atoms with Crippen molar-refractivity contribution in [2.45, 2.75) is 12.5 Å². The topological polar surface area (TPSA) is 140 Å². The second-order valence-corrected chi connectivity index (χ2v) is 8.01. The molecule has 178 valence electrons. The lowest BCUT2D eigenvalue weighted by molar-refractivity contribution is -0.384. The van der Waals surface area contributed by atoms with Crippen molar-refractivity contribution in [3.63, 3.8) is 0 Å². The van der Waals surface area contributed by atoms with Crippen LogP contribution in [0.2, 0.25) is 0 Å². The van der Waals surface area contributed by atoms with Gasteiger partial charge in [-0.2, -0.15) is 5.26 Å². The van der Waals surface area contributed by atoms with Gasteiger partial charge in [-0.3, -0.25) is 15.2 Å². The normalized spacial score (nSPS) is 14.5. The first-order valence-corrected chi connectivity index (χ1v) is 10.8. The Morgan fingerprint density at radius 1 is 1.17 bits per heavy atom. The van der Waals surface area contributed by atoms with Crippen molar-refractivity contribution >= 4 is 5.69 Å². The zero-order valence-electron chi connectivity index (χ0n) is 18.6. The van der Waals surface area contributed by atoms with Crippen molar-refractivity contribution < 1.29 is 18.8 Å². The maximum Gasteiger partial charge on any atom is 0.270 e. The van der Waals surface area contributed by atoms with Crippen molar-refractivity contribution in [3.05, 3.63) is 117 Å². The molecular weight excluding hydrogens is 465 g/mol. The Bertz CT molecular complexity index is 1540. The molecule has 0 saturated heterocycles. The molecule has 1 unspecified atom stereocenters. The van der Waals surface area contributed by atoms with Crippen molar-refractivity contribution in [1.82, 2.24) is 10.2 Å². The van der Waals surface area contributed by atoms with Crippen LogP contribution in [0.15, 0.2) is 84.3 Å². The fourth-order valence-electron chi connectivity index (χ4n) is 4.18. The van der Waals surface area contributed by atoms with Crippen LogP contribution in [0, 0.1) is 27.3 Å². The number of nitrogens with two attached hydrogens (primary N) is 1. The Hall–Kier alpha value is -5.17. The van der Waals surface area contributed by atoms with Gasteiger partial charge in [0, 0.05) is 17.7 Å². The minimum atomic E-state index is -0.880. The van der Waals surface area contributed by atoms with Gasteiger partial charge in [0.1, 0.15) is 29.8 Å². The summed E-state index contributed by atoms with van der Waals surface area (Å²) in [5.74, 6) is -1.04. The third kappa shape index (κ3) is 4.10. The number of nitro groups is 1. The van der Waals surface area contributed by atoms with Crippen molar-refractivity contribution in [2.24, 2.45) is 5.73 Å². The first-order valence-electron chi connectivity index (χ1n) is 10.8. The van der Waals surface area contributed by atoms with Crippen molar-refractivity contribution in [1.29, 1.82) is 5.26 Å². The molecular formula is C26H18FN5O4. The second-order valence-electron chi connectivity index (χ2n) is 8.01. The molecule has 36 heavy (non-hydrogen) atoms. The molecule has 1 aliphatic heterocycles. The van der Waals surface area contributed by atoms with Crippen LogP contribution >= 0.6 is 0 Å². The molecule has 1 atom stereocenters. The highest BCUT2D eigenvalue weighted by atomic mass is 19.1. The van der Waals surface area contributed by atoms with Crippen molar-refractivity contribution in [3.8, 4) is 29.0 Å². The molecule has 9 nitrogen and oxygen atoms in total. The molecule has 0 radical (unpaired) electrons. The summed E-state index contributed by atoms with van der Waals surface area (Å²) >= 11 is 0. The minimum absolute atomic E-state index is 0.00331. The van der Waals surface area contributed by atoms with Crippen LogP contribution in [0.5, 0.6) is 11.6 Å². The summed E-state index contributed by atoms with van der Waals surface area (Å²) in [6, 6.07) is 21.3. The van der Waals surface area contributed by atoms with E-state index in [0.29, 0.717) is 22.4 Å². The van der Waals surface area contributed by atoms with E-state index in [2.05, 4.69) is 16.3 Å². The third-order valence-electron chi connectivity index (χ3n) is 5.80. The van der Waals surface area contributed by atoms with Gasteiger partial charge in [0.25, 0.3) is 5.69 Å². The summed E-state index contributed by atoms with van der Waals surface area (Å²) in [6.45, 7) is -0.00331. The summed E-state index contributed by atoms with van der Waals surface area (Å²) in [5, 5.41) is 28.8. The number of aromatic nitrogens is 2. The second kappa shape index (κ2) is 9.23. The van der Waals surface area contributed by atoms with E-state index in [9.17, 15) is 19.8 Å². The van der Waals surface area contributed by atoms with Gasteiger partial charge in [-0.25, -0.2) is 4.39 Å².